The minimum atomic E-state index is -0.146. The molecule has 0 bridgehead atoms. The first-order chi connectivity index (χ1) is 15.9. The van der Waals surface area contributed by atoms with Gasteiger partial charge in [0.1, 0.15) is 17.3 Å². The van der Waals surface area contributed by atoms with E-state index in [0.29, 0.717) is 22.9 Å². The molecule has 4 rings (SSSR count). The van der Waals surface area contributed by atoms with Crippen molar-refractivity contribution >= 4 is 28.5 Å². The summed E-state index contributed by atoms with van der Waals surface area (Å²) in [5, 5.41) is 0.515. The summed E-state index contributed by atoms with van der Waals surface area (Å²) in [6, 6.07) is 20.7. The number of aromatic nitrogens is 2. The van der Waals surface area contributed by atoms with E-state index in [4.69, 9.17) is 26.1 Å². The Hall–Kier alpha value is -3.51. The minimum Gasteiger partial charge on any atom is -0.497 e. The van der Waals surface area contributed by atoms with Gasteiger partial charge in [0.2, 0.25) is 0 Å². The number of carbonyl (C=O) groups excluding carboxylic acids is 1. The highest BCUT2D eigenvalue weighted by molar-refractivity contribution is 6.30. The first kappa shape index (κ1) is 22.7. The molecule has 0 unspecified atom stereocenters. The topological polar surface area (TPSA) is 56.6 Å². The molecular weight excluding hydrogens is 438 g/mol. The lowest BCUT2D eigenvalue weighted by Gasteiger charge is -2.27. The molecule has 170 valence electrons. The summed E-state index contributed by atoms with van der Waals surface area (Å²) in [5.74, 6) is 1.84. The summed E-state index contributed by atoms with van der Waals surface area (Å²) in [4.78, 5) is 20.2. The smallest absolute Gasteiger partial charge is 0.258 e. The van der Waals surface area contributed by atoms with Gasteiger partial charge >= 0.3 is 0 Å². The number of fused-ring (bicyclic) bond motifs is 1. The molecule has 1 amide bonds. The van der Waals surface area contributed by atoms with Gasteiger partial charge in [-0.25, -0.2) is 4.98 Å². The van der Waals surface area contributed by atoms with Crippen molar-refractivity contribution in [2.75, 3.05) is 14.2 Å². The first-order valence-corrected chi connectivity index (χ1v) is 11.1. The number of amides is 1. The Morgan fingerprint density at radius 3 is 2.42 bits per heavy atom. The van der Waals surface area contributed by atoms with Crippen LogP contribution in [0.2, 0.25) is 5.02 Å². The van der Waals surface area contributed by atoms with E-state index in [2.05, 4.69) is 4.57 Å². The normalized spacial score (nSPS) is 11.1. The van der Waals surface area contributed by atoms with Gasteiger partial charge < -0.3 is 14.4 Å². The summed E-state index contributed by atoms with van der Waals surface area (Å²) >= 11 is 6.10. The molecule has 0 N–H and O–H groups in total. The van der Waals surface area contributed by atoms with Gasteiger partial charge in [0.05, 0.1) is 37.4 Å². The van der Waals surface area contributed by atoms with Crippen LogP contribution in [0, 0.1) is 0 Å². The van der Waals surface area contributed by atoms with Crippen molar-refractivity contribution in [2.45, 2.75) is 26.4 Å². The molecule has 0 aliphatic heterocycles. The highest BCUT2D eigenvalue weighted by Crippen LogP contribution is 2.28. The number of ether oxygens (including phenoxy) is 2. The number of rotatable bonds is 7. The summed E-state index contributed by atoms with van der Waals surface area (Å²) in [6.07, 6.45) is 0. The number of benzene rings is 3. The maximum atomic E-state index is 13.6. The average molecular weight is 464 g/mol. The Balaban J connectivity index is 1.78. The van der Waals surface area contributed by atoms with Crippen LogP contribution in [0.5, 0.6) is 11.5 Å². The van der Waals surface area contributed by atoms with Crippen molar-refractivity contribution in [1.82, 2.24) is 14.5 Å². The van der Waals surface area contributed by atoms with Crippen LogP contribution in [0.15, 0.2) is 66.7 Å². The molecule has 3 aromatic carbocycles. The molecule has 7 heteroatoms. The predicted octanol–water partition coefficient (Wildman–Crippen LogP) is 5.75. The van der Waals surface area contributed by atoms with Crippen LogP contribution in [0.25, 0.3) is 16.7 Å². The van der Waals surface area contributed by atoms with Gasteiger partial charge in [-0.1, -0.05) is 23.7 Å². The van der Waals surface area contributed by atoms with E-state index in [1.807, 2.05) is 62.4 Å². The van der Waals surface area contributed by atoms with E-state index in [-0.39, 0.29) is 11.9 Å². The maximum absolute atomic E-state index is 13.6. The van der Waals surface area contributed by atoms with Gasteiger partial charge in [0.15, 0.2) is 0 Å². The van der Waals surface area contributed by atoms with Gasteiger partial charge in [-0.3, -0.25) is 9.36 Å². The van der Waals surface area contributed by atoms with Crippen molar-refractivity contribution in [3.63, 3.8) is 0 Å². The van der Waals surface area contributed by atoms with E-state index in [0.717, 1.165) is 28.3 Å². The SMILES string of the molecule is COc1ccc(-n2c(CN(C(=O)c3ccc(Cl)cc3OC)C(C)C)nc3ccccc32)cc1. The monoisotopic (exact) mass is 463 g/mol. The highest BCUT2D eigenvalue weighted by atomic mass is 35.5. The number of carbonyl (C=O) groups is 1. The lowest BCUT2D eigenvalue weighted by molar-refractivity contribution is 0.0681. The second kappa shape index (κ2) is 9.55. The summed E-state index contributed by atoms with van der Waals surface area (Å²) in [7, 11) is 3.18. The van der Waals surface area contributed by atoms with Crippen LogP contribution in [0.4, 0.5) is 0 Å². The van der Waals surface area contributed by atoms with Gasteiger partial charge in [0, 0.05) is 16.8 Å². The number of hydrogen-bond donors (Lipinski definition) is 0. The molecule has 6 nitrogen and oxygen atoms in total. The number of methoxy groups -OCH3 is 2. The lowest BCUT2D eigenvalue weighted by atomic mass is 10.1. The standard InChI is InChI=1S/C26H26ClN3O3/c1-17(2)29(26(31)21-14-9-18(27)15-24(21)33-4)16-25-28-22-7-5-6-8-23(22)30(25)19-10-12-20(32-3)13-11-19/h5-15,17H,16H2,1-4H3. The average Bonchev–Trinajstić information content (AvgIpc) is 3.20. The third-order valence-corrected chi connectivity index (χ3v) is 5.79. The zero-order valence-corrected chi connectivity index (χ0v) is 19.8. The van der Waals surface area contributed by atoms with Crippen molar-refractivity contribution in [3.8, 4) is 17.2 Å². The van der Waals surface area contributed by atoms with Crippen LogP contribution in [0.1, 0.15) is 30.0 Å². The van der Waals surface area contributed by atoms with Crippen molar-refractivity contribution in [1.29, 1.82) is 0 Å². The first-order valence-electron chi connectivity index (χ1n) is 10.7. The fourth-order valence-corrected chi connectivity index (χ4v) is 4.00. The third-order valence-electron chi connectivity index (χ3n) is 5.55. The molecule has 0 spiro atoms. The fraction of sp³-hybridized carbons (Fsp3) is 0.231. The van der Waals surface area contributed by atoms with Gasteiger partial charge in [-0.05, 0) is 68.4 Å². The Kier molecular flexibility index (Phi) is 6.56. The zero-order valence-electron chi connectivity index (χ0n) is 19.1. The minimum absolute atomic E-state index is 0.0676. The fourth-order valence-electron chi connectivity index (χ4n) is 3.84. The highest BCUT2D eigenvalue weighted by Gasteiger charge is 2.25. The molecule has 0 fully saturated rings. The second-order valence-electron chi connectivity index (χ2n) is 7.92. The molecule has 0 aliphatic carbocycles. The molecule has 0 aliphatic rings. The number of halogens is 1. The molecule has 0 saturated carbocycles. The van der Waals surface area contributed by atoms with Gasteiger partial charge in [-0.2, -0.15) is 0 Å². The Labute approximate surface area is 198 Å². The second-order valence-corrected chi connectivity index (χ2v) is 8.36. The molecular formula is C26H26ClN3O3. The summed E-state index contributed by atoms with van der Waals surface area (Å²) < 4.78 is 12.8. The molecule has 1 heterocycles. The van der Waals surface area contributed by atoms with Crippen molar-refractivity contribution in [2.24, 2.45) is 0 Å². The lowest BCUT2D eigenvalue weighted by Crippen LogP contribution is -2.37. The summed E-state index contributed by atoms with van der Waals surface area (Å²) in [6.45, 7) is 4.30. The molecule has 1 aromatic heterocycles. The van der Waals surface area contributed by atoms with Crippen LogP contribution in [-0.4, -0.2) is 40.6 Å². The van der Waals surface area contributed by atoms with Crippen molar-refractivity contribution in [3.05, 3.63) is 83.1 Å². The number of nitrogens with zero attached hydrogens (tertiary/aromatic N) is 3. The third kappa shape index (κ3) is 4.52. The molecule has 4 aromatic rings. The maximum Gasteiger partial charge on any atom is 0.258 e. The van der Waals surface area contributed by atoms with Gasteiger partial charge in [-0.15, -0.1) is 0 Å². The van der Waals surface area contributed by atoms with Crippen LogP contribution >= 0.6 is 11.6 Å². The molecule has 0 atom stereocenters. The van der Waals surface area contributed by atoms with E-state index in [9.17, 15) is 4.79 Å². The Morgan fingerprint density at radius 1 is 1.03 bits per heavy atom. The van der Waals surface area contributed by atoms with E-state index in [1.165, 1.54) is 7.11 Å². The molecule has 33 heavy (non-hydrogen) atoms. The van der Waals surface area contributed by atoms with Crippen LogP contribution in [0.3, 0.4) is 0 Å². The predicted molar refractivity (Wildman–Crippen MR) is 131 cm³/mol. The number of imidazole rings is 1. The number of hydrogen-bond acceptors (Lipinski definition) is 4. The number of para-hydroxylation sites is 2. The molecule has 0 saturated heterocycles. The van der Waals surface area contributed by atoms with Gasteiger partial charge in [0.25, 0.3) is 5.91 Å². The van der Waals surface area contributed by atoms with Crippen LogP contribution < -0.4 is 9.47 Å². The summed E-state index contributed by atoms with van der Waals surface area (Å²) in [5.41, 5.74) is 3.24. The Bertz CT molecular complexity index is 1280. The van der Waals surface area contributed by atoms with Crippen molar-refractivity contribution < 1.29 is 14.3 Å². The zero-order chi connectivity index (χ0) is 23.5. The van der Waals surface area contributed by atoms with E-state index >= 15 is 0 Å². The molecule has 0 radical (unpaired) electrons. The quantitative estimate of drug-likeness (QED) is 0.350. The van der Waals surface area contributed by atoms with Crippen LogP contribution in [-0.2, 0) is 6.54 Å². The Morgan fingerprint density at radius 2 is 1.76 bits per heavy atom. The largest absolute Gasteiger partial charge is 0.497 e. The van der Waals surface area contributed by atoms with E-state index < -0.39 is 0 Å². The van der Waals surface area contributed by atoms with E-state index in [1.54, 1.807) is 30.2 Å².